The molecule has 6 heteroatoms. The topological polar surface area (TPSA) is 65.1 Å². The molecule has 2 fully saturated rings. The van der Waals surface area contributed by atoms with Crippen molar-refractivity contribution in [3.05, 3.63) is 11.6 Å². The third-order valence-corrected chi connectivity index (χ3v) is 5.27. The molecule has 0 unspecified atom stereocenters. The highest BCUT2D eigenvalue weighted by Gasteiger charge is 2.33. The van der Waals surface area contributed by atoms with Crippen molar-refractivity contribution in [1.29, 1.82) is 0 Å². The summed E-state index contributed by atoms with van der Waals surface area (Å²) in [4.78, 5) is 21.7. The average molecular weight is 333 g/mol. The first-order valence-corrected chi connectivity index (χ1v) is 9.42. The fourth-order valence-electron chi connectivity index (χ4n) is 3.66. The summed E-state index contributed by atoms with van der Waals surface area (Å²) < 4.78 is 0. The molecule has 1 aromatic rings. The van der Waals surface area contributed by atoms with Crippen molar-refractivity contribution in [2.75, 3.05) is 26.2 Å². The Bertz CT molecular complexity index is 551. The van der Waals surface area contributed by atoms with Gasteiger partial charge in [-0.1, -0.05) is 13.8 Å². The number of amides is 1. The third-order valence-electron chi connectivity index (χ3n) is 5.27. The van der Waals surface area contributed by atoms with E-state index in [2.05, 4.69) is 38.8 Å². The minimum atomic E-state index is 0.247. The van der Waals surface area contributed by atoms with Crippen molar-refractivity contribution in [2.24, 2.45) is 11.8 Å². The number of aromatic amines is 1. The van der Waals surface area contributed by atoms with Crippen LogP contribution in [0.2, 0.25) is 0 Å². The first-order chi connectivity index (χ1) is 11.5. The van der Waals surface area contributed by atoms with Crippen molar-refractivity contribution in [2.45, 2.75) is 58.9 Å². The van der Waals surface area contributed by atoms with E-state index in [0.29, 0.717) is 24.8 Å². The van der Waals surface area contributed by atoms with Crippen LogP contribution in [0, 0.1) is 18.8 Å². The lowest BCUT2D eigenvalue weighted by Gasteiger charge is -2.34. The molecule has 1 aliphatic carbocycles. The van der Waals surface area contributed by atoms with Gasteiger partial charge >= 0.3 is 0 Å². The van der Waals surface area contributed by atoms with E-state index in [1.165, 1.54) is 19.4 Å². The van der Waals surface area contributed by atoms with Crippen LogP contribution in [0.15, 0.2) is 0 Å². The second kappa shape index (κ2) is 7.64. The molecule has 1 atom stereocenters. The Labute approximate surface area is 145 Å². The number of aryl methyl sites for hydroxylation is 2. The molecular formula is C18H31N5O. The molecule has 2 aliphatic rings. The first kappa shape index (κ1) is 17.4. The van der Waals surface area contributed by atoms with E-state index in [1.807, 2.05) is 6.92 Å². The van der Waals surface area contributed by atoms with E-state index in [0.717, 1.165) is 43.6 Å². The number of nitrogens with zero attached hydrogens (tertiary/aromatic N) is 4. The monoisotopic (exact) mass is 333 g/mol. The van der Waals surface area contributed by atoms with Gasteiger partial charge in [-0.05, 0) is 38.0 Å². The lowest BCUT2D eigenvalue weighted by Crippen LogP contribution is -2.46. The summed E-state index contributed by atoms with van der Waals surface area (Å²) in [7, 11) is 0. The molecule has 3 rings (SSSR count). The number of hydrogen-bond donors (Lipinski definition) is 1. The maximum absolute atomic E-state index is 12.7. The fourth-order valence-corrected chi connectivity index (χ4v) is 3.66. The fraction of sp³-hybridized carbons (Fsp3) is 0.833. The Kier molecular flexibility index (Phi) is 5.54. The van der Waals surface area contributed by atoms with Gasteiger partial charge in [-0.3, -0.25) is 14.8 Å². The van der Waals surface area contributed by atoms with Gasteiger partial charge in [0.15, 0.2) is 5.82 Å². The van der Waals surface area contributed by atoms with Crippen LogP contribution in [0.25, 0.3) is 0 Å². The summed E-state index contributed by atoms with van der Waals surface area (Å²) in [5.41, 5.74) is 0. The number of rotatable bonds is 6. The Morgan fingerprint density at radius 3 is 2.75 bits per heavy atom. The Balaban J connectivity index is 1.56. The zero-order valence-electron chi connectivity index (χ0n) is 15.3. The van der Waals surface area contributed by atoms with E-state index in [4.69, 9.17) is 0 Å². The van der Waals surface area contributed by atoms with Crippen LogP contribution in [0.5, 0.6) is 0 Å². The van der Waals surface area contributed by atoms with Crippen molar-refractivity contribution < 1.29 is 4.79 Å². The normalized spacial score (nSPS) is 22.8. The van der Waals surface area contributed by atoms with Gasteiger partial charge in [-0.2, -0.15) is 5.10 Å². The highest BCUT2D eigenvalue weighted by molar-refractivity contribution is 5.76. The van der Waals surface area contributed by atoms with E-state index < -0.39 is 0 Å². The predicted octanol–water partition coefficient (Wildman–Crippen LogP) is 2.01. The first-order valence-electron chi connectivity index (χ1n) is 9.42. The zero-order chi connectivity index (χ0) is 17.1. The molecule has 1 amide bonds. The molecule has 24 heavy (non-hydrogen) atoms. The van der Waals surface area contributed by atoms with Gasteiger partial charge < -0.3 is 4.90 Å². The number of nitrogens with one attached hydrogen (secondary N) is 1. The molecule has 1 aromatic heterocycles. The second-order valence-corrected chi connectivity index (χ2v) is 7.78. The standard InChI is InChI=1S/C18H31N5O/c1-13(2)16-12-23(10-4-9-22(16)11-15-5-6-15)18(24)8-7-17-19-14(3)20-21-17/h13,15-16H,4-12H2,1-3H3,(H,19,20,21)/t16-/m1/s1. The van der Waals surface area contributed by atoms with Crippen LogP contribution in [-0.2, 0) is 11.2 Å². The van der Waals surface area contributed by atoms with Gasteiger partial charge in [0.25, 0.3) is 0 Å². The maximum Gasteiger partial charge on any atom is 0.223 e. The van der Waals surface area contributed by atoms with Crippen LogP contribution in [0.4, 0.5) is 0 Å². The van der Waals surface area contributed by atoms with E-state index in [-0.39, 0.29) is 5.91 Å². The highest BCUT2D eigenvalue weighted by atomic mass is 16.2. The summed E-state index contributed by atoms with van der Waals surface area (Å²) in [5, 5.41) is 6.97. The number of aromatic nitrogens is 3. The molecule has 0 bridgehead atoms. The van der Waals surface area contributed by atoms with Crippen molar-refractivity contribution in [3.63, 3.8) is 0 Å². The molecular weight excluding hydrogens is 302 g/mol. The largest absolute Gasteiger partial charge is 0.341 e. The number of hydrogen-bond acceptors (Lipinski definition) is 4. The third kappa shape index (κ3) is 4.56. The molecule has 2 heterocycles. The number of carbonyl (C=O) groups excluding carboxylic acids is 1. The molecule has 1 N–H and O–H groups in total. The zero-order valence-corrected chi connectivity index (χ0v) is 15.3. The summed E-state index contributed by atoms with van der Waals surface area (Å²) in [5.74, 6) is 3.28. The Morgan fingerprint density at radius 2 is 2.12 bits per heavy atom. The lowest BCUT2D eigenvalue weighted by molar-refractivity contribution is -0.131. The molecule has 0 aromatic carbocycles. The predicted molar refractivity (Wildman–Crippen MR) is 93.6 cm³/mol. The van der Waals surface area contributed by atoms with E-state index >= 15 is 0 Å². The van der Waals surface area contributed by atoms with E-state index in [9.17, 15) is 4.79 Å². The molecule has 0 spiro atoms. The summed E-state index contributed by atoms with van der Waals surface area (Å²) in [6.45, 7) is 10.6. The number of carbonyl (C=O) groups is 1. The van der Waals surface area contributed by atoms with Crippen molar-refractivity contribution >= 4 is 5.91 Å². The van der Waals surface area contributed by atoms with Crippen molar-refractivity contribution in [3.8, 4) is 0 Å². The van der Waals surface area contributed by atoms with E-state index in [1.54, 1.807) is 0 Å². The summed E-state index contributed by atoms with van der Waals surface area (Å²) >= 11 is 0. The highest BCUT2D eigenvalue weighted by Crippen LogP contribution is 2.31. The number of H-pyrrole nitrogens is 1. The van der Waals surface area contributed by atoms with Crippen LogP contribution in [0.3, 0.4) is 0 Å². The van der Waals surface area contributed by atoms with Gasteiger partial charge in [0, 0.05) is 45.1 Å². The lowest BCUT2D eigenvalue weighted by atomic mass is 10.0. The quantitative estimate of drug-likeness (QED) is 0.865. The molecule has 1 saturated heterocycles. The Morgan fingerprint density at radius 1 is 1.33 bits per heavy atom. The summed E-state index contributed by atoms with van der Waals surface area (Å²) in [6.07, 6.45) is 4.99. The van der Waals surface area contributed by atoms with Gasteiger partial charge in [-0.25, -0.2) is 4.98 Å². The van der Waals surface area contributed by atoms with Crippen LogP contribution in [-0.4, -0.2) is 63.1 Å². The second-order valence-electron chi connectivity index (χ2n) is 7.78. The molecule has 134 valence electrons. The average Bonchev–Trinajstić information content (AvgIpc) is 3.30. The van der Waals surface area contributed by atoms with Crippen LogP contribution in [0.1, 0.15) is 51.2 Å². The molecule has 1 saturated carbocycles. The van der Waals surface area contributed by atoms with Crippen LogP contribution < -0.4 is 0 Å². The minimum absolute atomic E-state index is 0.247. The van der Waals surface area contributed by atoms with Crippen LogP contribution >= 0.6 is 0 Å². The maximum atomic E-state index is 12.7. The van der Waals surface area contributed by atoms with Gasteiger partial charge in [0.1, 0.15) is 5.82 Å². The SMILES string of the molecule is Cc1nc(CCC(=O)N2CCCN(CC3CC3)[C@@H](C(C)C)C2)n[nH]1. The minimum Gasteiger partial charge on any atom is -0.341 e. The molecule has 6 nitrogen and oxygen atoms in total. The Hall–Kier alpha value is -1.43. The van der Waals surface area contributed by atoms with Crippen molar-refractivity contribution in [1.82, 2.24) is 25.0 Å². The van der Waals surface area contributed by atoms with Gasteiger partial charge in [-0.15, -0.1) is 0 Å². The molecule has 0 radical (unpaired) electrons. The molecule has 1 aliphatic heterocycles. The van der Waals surface area contributed by atoms with Gasteiger partial charge in [0.05, 0.1) is 0 Å². The smallest absolute Gasteiger partial charge is 0.223 e. The summed E-state index contributed by atoms with van der Waals surface area (Å²) in [6, 6.07) is 0.489. The van der Waals surface area contributed by atoms with Gasteiger partial charge in [0.2, 0.25) is 5.91 Å².